The molecular weight excluding hydrogens is 374 g/mol. The number of carbonyl (C=O) groups is 2. The molecule has 0 aliphatic rings. The first kappa shape index (κ1) is 22.8. The van der Waals surface area contributed by atoms with E-state index in [1.165, 1.54) is 10.9 Å². The molecule has 1 aromatic rings. The second-order valence-corrected chi connectivity index (χ2v) is 7.10. The van der Waals surface area contributed by atoms with Crippen LogP contribution in [0, 0.1) is 5.92 Å². The zero-order valence-electron chi connectivity index (χ0n) is 16.5. The third-order valence-corrected chi connectivity index (χ3v) is 3.32. The first-order chi connectivity index (χ1) is 12.7. The highest BCUT2D eigenvalue weighted by molar-refractivity contribution is 6.18. The minimum absolute atomic E-state index is 0.127. The number of alkyl halides is 1. The fraction of sp³-hybridized carbons (Fsp3) is 0.611. The normalized spacial score (nSPS) is 11.7. The molecule has 0 fully saturated rings. The van der Waals surface area contributed by atoms with Gasteiger partial charge in [0.05, 0.1) is 30.8 Å². The third-order valence-electron chi connectivity index (χ3n) is 3.17. The molecule has 0 saturated carbocycles. The van der Waals surface area contributed by atoms with E-state index in [1.54, 1.807) is 33.0 Å². The lowest BCUT2D eigenvalue weighted by Gasteiger charge is -2.21. The Hall–Kier alpha value is -2.22. The molecule has 0 aliphatic carbocycles. The van der Waals surface area contributed by atoms with Gasteiger partial charge in [0.15, 0.2) is 0 Å². The van der Waals surface area contributed by atoms with E-state index < -0.39 is 17.6 Å². The lowest BCUT2D eigenvalue weighted by Crippen LogP contribution is -2.42. The van der Waals surface area contributed by atoms with Crippen LogP contribution in [0.5, 0.6) is 5.88 Å². The van der Waals surface area contributed by atoms with Crippen molar-refractivity contribution >= 4 is 29.9 Å². The molecule has 0 unspecified atom stereocenters. The predicted octanol–water partition coefficient (Wildman–Crippen LogP) is 3.31. The number of alkyl carbamates (subject to hydrolysis) is 1. The molecule has 0 aliphatic heterocycles. The van der Waals surface area contributed by atoms with Crippen molar-refractivity contribution < 1.29 is 23.8 Å². The van der Waals surface area contributed by atoms with E-state index in [4.69, 9.17) is 25.8 Å². The Morgan fingerprint density at radius 2 is 2.07 bits per heavy atom. The molecule has 8 nitrogen and oxygen atoms in total. The van der Waals surface area contributed by atoms with Gasteiger partial charge in [-0.1, -0.05) is 13.8 Å². The van der Waals surface area contributed by atoms with Crippen molar-refractivity contribution in [1.82, 2.24) is 15.1 Å². The zero-order valence-corrected chi connectivity index (χ0v) is 17.2. The monoisotopic (exact) mass is 401 g/mol. The quantitative estimate of drug-likeness (QED) is 0.477. The van der Waals surface area contributed by atoms with Crippen LogP contribution in [-0.4, -0.2) is 53.1 Å². The van der Waals surface area contributed by atoms with E-state index in [-0.39, 0.29) is 30.6 Å². The summed E-state index contributed by atoms with van der Waals surface area (Å²) < 4.78 is 17.1. The van der Waals surface area contributed by atoms with Crippen molar-refractivity contribution in [1.29, 1.82) is 0 Å². The summed E-state index contributed by atoms with van der Waals surface area (Å²) in [5, 5.41) is 6.87. The van der Waals surface area contributed by atoms with Gasteiger partial charge in [-0.2, -0.15) is 5.10 Å². The van der Waals surface area contributed by atoms with Gasteiger partial charge < -0.3 is 19.5 Å². The van der Waals surface area contributed by atoms with E-state index >= 15 is 0 Å². The Kier molecular flexibility index (Phi) is 9.14. The molecule has 1 heterocycles. The van der Waals surface area contributed by atoms with Crippen molar-refractivity contribution in [3.63, 3.8) is 0 Å². The summed E-state index contributed by atoms with van der Waals surface area (Å²) in [6.45, 7) is 10.1. The number of esters is 1. The van der Waals surface area contributed by atoms with Crippen LogP contribution in [-0.2, 0) is 9.47 Å². The van der Waals surface area contributed by atoms with Crippen LogP contribution in [0.2, 0.25) is 0 Å². The summed E-state index contributed by atoms with van der Waals surface area (Å²) in [4.78, 5) is 23.8. The van der Waals surface area contributed by atoms with E-state index in [0.29, 0.717) is 12.5 Å². The summed E-state index contributed by atoms with van der Waals surface area (Å²) in [7, 11) is 0. The smallest absolute Gasteiger partial charge is 0.407 e. The number of aromatic nitrogens is 2. The number of nitrogens with one attached hydrogen (secondary N) is 1. The Balaban J connectivity index is 2.98. The van der Waals surface area contributed by atoms with Gasteiger partial charge in [-0.05, 0) is 32.8 Å². The van der Waals surface area contributed by atoms with Gasteiger partial charge in [0, 0.05) is 6.20 Å². The standard InChI is InChI=1S/C18H28ClN3O5/c1-6-25-16(23)14-11-20-22(15(14)27-12-13(2)3)9-7-18(4,5)21-17(24)26-10-8-19/h7,9,11,13H,6,8,10,12H2,1-5H3,(H,21,24)/b9-7+. The van der Waals surface area contributed by atoms with Gasteiger partial charge in [0.2, 0.25) is 5.88 Å². The SMILES string of the molecule is CCOC(=O)c1cnn(/C=C/C(C)(C)NC(=O)OCCCl)c1OCC(C)C. The molecule has 0 spiro atoms. The molecule has 152 valence electrons. The van der Waals surface area contributed by atoms with Crippen LogP contribution in [0.3, 0.4) is 0 Å². The van der Waals surface area contributed by atoms with Gasteiger partial charge in [0.25, 0.3) is 0 Å². The van der Waals surface area contributed by atoms with Crippen LogP contribution >= 0.6 is 11.6 Å². The van der Waals surface area contributed by atoms with Gasteiger partial charge in [-0.3, -0.25) is 0 Å². The highest BCUT2D eigenvalue weighted by Gasteiger charge is 2.22. The van der Waals surface area contributed by atoms with Gasteiger partial charge in [-0.25, -0.2) is 14.3 Å². The number of ether oxygens (including phenoxy) is 3. The molecule has 0 atom stereocenters. The number of rotatable bonds is 10. The molecule has 1 amide bonds. The molecule has 1 aromatic heterocycles. The maximum Gasteiger partial charge on any atom is 0.407 e. The molecule has 0 aromatic carbocycles. The van der Waals surface area contributed by atoms with Gasteiger partial charge in [-0.15, -0.1) is 11.6 Å². The zero-order chi connectivity index (χ0) is 20.4. The van der Waals surface area contributed by atoms with E-state index in [1.807, 2.05) is 13.8 Å². The molecule has 9 heteroatoms. The molecule has 0 saturated heterocycles. The van der Waals surface area contributed by atoms with Crippen molar-refractivity contribution in [2.45, 2.75) is 40.2 Å². The average Bonchev–Trinajstić information content (AvgIpc) is 2.99. The fourth-order valence-electron chi connectivity index (χ4n) is 1.92. The number of nitrogens with zero attached hydrogens (tertiary/aromatic N) is 2. The Morgan fingerprint density at radius 1 is 1.37 bits per heavy atom. The summed E-state index contributed by atoms with van der Waals surface area (Å²) in [6.07, 6.45) is 4.14. The van der Waals surface area contributed by atoms with Crippen LogP contribution in [0.4, 0.5) is 4.79 Å². The van der Waals surface area contributed by atoms with E-state index in [9.17, 15) is 9.59 Å². The molecule has 1 N–H and O–H groups in total. The fourth-order valence-corrected chi connectivity index (χ4v) is 2.00. The van der Waals surface area contributed by atoms with Crippen LogP contribution < -0.4 is 10.1 Å². The Bertz CT molecular complexity index is 655. The summed E-state index contributed by atoms with van der Waals surface area (Å²) >= 11 is 5.50. The Labute approximate surface area is 164 Å². The molecule has 1 rings (SSSR count). The lowest BCUT2D eigenvalue weighted by molar-refractivity contribution is 0.0520. The minimum Gasteiger partial charge on any atom is -0.477 e. The topological polar surface area (TPSA) is 91.7 Å². The van der Waals surface area contributed by atoms with E-state index in [0.717, 1.165) is 0 Å². The van der Waals surface area contributed by atoms with Crippen molar-refractivity contribution in [3.8, 4) is 5.88 Å². The number of hydrogen-bond acceptors (Lipinski definition) is 6. The maximum atomic E-state index is 12.1. The number of halogens is 1. The first-order valence-electron chi connectivity index (χ1n) is 8.77. The van der Waals surface area contributed by atoms with Crippen molar-refractivity contribution in [2.75, 3.05) is 25.7 Å². The molecule has 27 heavy (non-hydrogen) atoms. The molecule has 0 bridgehead atoms. The number of hydrogen-bond donors (Lipinski definition) is 1. The van der Waals surface area contributed by atoms with Crippen molar-refractivity contribution in [2.24, 2.45) is 5.92 Å². The van der Waals surface area contributed by atoms with Crippen molar-refractivity contribution in [3.05, 3.63) is 17.8 Å². The summed E-state index contributed by atoms with van der Waals surface area (Å²) in [5.41, 5.74) is -0.483. The highest BCUT2D eigenvalue weighted by Crippen LogP contribution is 2.21. The summed E-state index contributed by atoms with van der Waals surface area (Å²) in [6, 6.07) is 0. The van der Waals surface area contributed by atoms with E-state index in [2.05, 4.69) is 10.4 Å². The predicted molar refractivity (Wildman–Crippen MR) is 103 cm³/mol. The maximum absolute atomic E-state index is 12.1. The molecule has 0 radical (unpaired) electrons. The van der Waals surface area contributed by atoms with Crippen LogP contribution in [0.15, 0.2) is 12.3 Å². The third kappa shape index (κ3) is 7.90. The Morgan fingerprint density at radius 3 is 2.67 bits per heavy atom. The molecular formula is C18H28ClN3O5. The average molecular weight is 402 g/mol. The van der Waals surface area contributed by atoms with Crippen LogP contribution in [0.25, 0.3) is 6.20 Å². The minimum atomic E-state index is -0.727. The number of carbonyl (C=O) groups excluding carboxylic acids is 2. The highest BCUT2D eigenvalue weighted by atomic mass is 35.5. The van der Waals surface area contributed by atoms with Crippen LogP contribution in [0.1, 0.15) is 45.0 Å². The van der Waals surface area contributed by atoms with Gasteiger partial charge >= 0.3 is 12.1 Å². The second kappa shape index (κ2) is 10.8. The van der Waals surface area contributed by atoms with Gasteiger partial charge in [0.1, 0.15) is 12.2 Å². The number of amides is 1. The second-order valence-electron chi connectivity index (χ2n) is 6.72. The largest absolute Gasteiger partial charge is 0.477 e. The summed E-state index contributed by atoms with van der Waals surface area (Å²) in [5.74, 6) is 0.281. The first-order valence-corrected chi connectivity index (χ1v) is 9.31. The lowest BCUT2D eigenvalue weighted by atomic mass is 10.1.